The summed E-state index contributed by atoms with van der Waals surface area (Å²) in [6.45, 7) is 12.7. The zero-order valence-corrected chi connectivity index (χ0v) is 45.9. The third kappa shape index (κ3) is 9.82. The van der Waals surface area contributed by atoms with Gasteiger partial charge in [0.2, 0.25) is 6.29 Å². The third-order valence-electron chi connectivity index (χ3n) is 21.0. The van der Waals surface area contributed by atoms with Crippen molar-refractivity contribution in [1.82, 2.24) is 0 Å². The molecule has 25 nitrogen and oxygen atoms in total. The molecule has 3 unspecified atom stereocenters. The topological polar surface area (TPSA) is 397 Å². The molecule has 8 fully saturated rings. The first-order valence-corrected chi connectivity index (χ1v) is 27.7. The van der Waals surface area contributed by atoms with Crippen LogP contribution in [0.1, 0.15) is 107 Å². The minimum atomic E-state index is -1.92. The molecule has 4 aliphatic heterocycles. The lowest BCUT2D eigenvalue weighted by atomic mass is 9.33. The number of hydrogen-bond acceptors (Lipinski definition) is 24. The number of rotatable bonds is 11. The molecule has 9 aliphatic rings. The number of aliphatic hydroxyl groups is 12. The number of hydrogen-bond donors (Lipinski definition) is 13. The Morgan fingerprint density at radius 2 is 1.25 bits per heavy atom. The summed E-state index contributed by atoms with van der Waals surface area (Å²) in [5, 5.41) is 143. The number of carbonyl (C=O) groups excluding carboxylic acids is 2. The van der Waals surface area contributed by atoms with E-state index in [4.69, 9.17) is 42.6 Å². The lowest BCUT2D eigenvalue weighted by Gasteiger charge is -2.71. The van der Waals surface area contributed by atoms with Crippen molar-refractivity contribution in [2.45, 2.75) is 236 Å². The van der Waals surface area contributed by atoms with Gasteiger partial charge in [-0.25, -0.2) is 0 Å². The second-order valence-electron chi connectivity index (χ2n) is 26.0. The Hall–Kier alpha value is -2.61. The maximum atomic E-state index is 15.4. The van der Waals surface area contributed by atoms with E-state index in [9.17, 15) is 76.0 Å². The highest BCUT2D eigenvalue weighted by Crippen LogP contribution is 2.76. The van der Waals surface area contributed by atoms with Gasteiger partial charge < -0.3 is 109 Å². The highest BCUT2D eigenvalue weighted by molar-refractivity contribution is 5.80. The first kappa shape index (κ1) is 61.0. The number of carboxylic acid groups (broad SMARTS) is 1. The van der Waals surface area contributed by atoms with Crippen LogP contribution in [-0.4, -0.2) is 233 Å². The van der Waals surface area contributed by atoms with Gasteiger partial charge in [-0.1, -0.05) is 46.3 Å². The Kier molecular flexibility index (Phi) is 16.8. The van der Waals surface area contributed by atoms with Gasteiger partial charge in [0.1, 0.15) is 78.7 Å². The van der Waals surface area contributed by atoms with Crippen molar-refractivity contribution in [3.8, 4) is 0 Å². The summed E-state index contributed by atoms with van der Waals surface area (Å²) in [5.74, 6) is -4.50. The predicted octanol–water partition coefficient (Wildman–Crippen LogP) is -2.15. The number of fused-ring (bicyclic) bond motifs is 7. The fourth-order valence-corrected chi connectivity index (χ4v) is 16.4. The van der Waals surface area contributed by atoms with Gasteiger partial charge in [-0.2, -0.15) is 0 Å². The average molecular weight is 1130 g/mol. The van der Waals surface area contributed by atoms with Crippen LogP contribution in [0.5, 0.6) is 0 Å². The monoisotopic (exact) mass is 1130 g/mol. The molecular formula is C54H84O25. The van der Waals surface area contributed by atoms with E-state index < -0.39 is 206 Å². The molecule has 0 bridgehead atoms. The van der Waals surface area contributed by atoms with Crippen molar-refractivity contribution in [1.29, 1.82) is 0 Å². The predicted molar refractivity (Wildman–Crippen MR) is 264 cm³/mol. The second-order valence-corrected chi connectivity index (χ2v) is 26.0. The molecule has 4 saturated carbocycles. The van der Waals surface area contributed by atoms with Crippen LogP contribution in [0.3, 0.4) is 0 Å². The van der Waals surface area contributed by atoms with Crippen LogP contribution in [0.2, 0.25) is 0 Å². The van der Waals surface area contributed by atoms with Crippen LogP contribution in [0.15, 0.2) is 11.6 Å². The smallest absolute Gasteiger partial charge is 0.317 e. The maximum Gasteiger partial charge on any atom is 0.317 e. The Labute approximate surface area is 457 Å². The summed E-state index contributed by atoms with van der Waals surface area (Å²) in [7, 11) is 0. The molecule has 0 aromatic heterocycles. The Balaban J connectivity index is 0.992. The summed E-state index contributed by atoms with van der Waals surface area (Å²) in [4.78, 5) is 41.4. The molecule has 0 spiro atoms. The van der Waals surface area contributed by atoms with Crippen molar-refractivity contribution in [2.75, 3.05) is 19.8 Å². The molecule has 29 atom stereocenters. The van der Waals surface area contributed by atoms with Gasteiger partial charge in [0.25, 0.3) is 0 Å². The first-order valence-electron chi connectivity index (χ1n) is 27.7. The lowest BCUT2D eigenvalue weighted by molar-refractivity contribution is -0.371. The fourth-order valence-electron chi connectivity index (χ4n) is 16.4. The largest absolute Gasteiger partial charge is 0.481 e. The summed E-state index contributed by atoms with van der Waals surface area (Å²) in [6.07, 6.45) is -29.6. The molecule has 0 aromatic rings. The molecule has 4 heterocycles. The maximum absolute atomic E-state index is 15.4. The molecule has 5 aliphatic carbocycles. The number of aliphatic hydroxyl groups excluding tert-OH is 12. The lowest BCUT2D eigenvalue weighted by Crippen LogP contribution is -2.71. The van der Waals surface area contributed by atoms with E-state index in [2.05, 4.69) is 33.8 Å². The first-order chi connectivity index (χ1) is 36.8. The molecule has 0 radical (unpaired) electrons. The van der Waals surface area contributed by atoms with Crippen molar-refractivity contribution < 1.29 is 123 Å². The van der Waals surface area contributed by atoms with Crippen molar-refractivity contribution in [2.24, 2.45) is 50.2 Å². The van der Waals surface area contributed by atoms with Gasteiger partial charge in [-0.3, -0.25) is 14.4 Å². The molecular weight excluding hydrogens is 1050 g/mol. The van der Waals surface area contributed by atoms with Crippen LogP contribution in [0, 0.1) is 50.2 Å². The SMILES string of the molecule is CC(=O)O[C@@H]1[C@@H](O[C@@H]2OC[C@@H](O)[C@@H](O)[C@@H]2O)[C@@H](O)[C@H](O[C@@H]2[C@H](OC(=O)[C@]34CCC(C)(C)CC3C3=CCC5[C@@]6(C)C[C@H](O)[C@H](O[C@@H]7O[C@H](CO)[C@@H](O)[C@H](O)[C@H]7O)[C@@](C)(C(=O)O)C6CC[C@@]5(C)[C@]3(C)C[C@H]4O)OC[C@@H](O)[C@H]2O)O[C@H]1C. The van der Waals surface area contributed by atoms with E-state index in [1.54, 1.807) is 0 Å². The minimum absolute atomic E-state index is 0.0537. The van der Waals surface area contributed by atoms with Crippen molar-refractivity contribution in [3.05, 3.63) is 11.6 Å². The number of allylic oxidation sites excluding steroid dienone is 2. The number of carboxylic acids is 1. The highest BCUT2D eigenvalue weighted by atomic mass is 16.8. The Bertz CT molecular complexity index is 2290. The van der Waals surface area contributed by atoms with E-state index >= 15 is 4.79 Å². The van der Waals surface area contributed by atoms with Gasteiger partial charge in [0, 0.05) is 6.92 Å². The van der Waals surface area contributed by atoms with Crippen LogP contribution in [-0.2, 0) is 57.0 Å². The van der Waals surface area contributed by atoms with Crippen LogP contribution < -0.4 is 0 Å². The molecule has 25 heteroatoms. The standard InChI is InChI=1S/C54H84O25/c1-21-39(74-22(2)56)40(76-43-36(65)32(61)26(58)19-71-43)38(67)45(73-21)77-41-33(62)27(59)20-72-46(41)79-48(70)54-14-13-49(3,4)15-24(54)23-9-10-29-50(5)16-25(57)42(78-44-37(66)35(64)34(63)28(18-55)75-44)53(8,47(68)69)30(50)11-12-51(29,6)52(23,7)17-31(54)60/h9,21,24-46,55,57-67H,10-20H2,1-8H3,(H,68,69)/t21-,24?,25-,26+,27+,28+,29?,30?,31+,32+,33+,34+,35-,36-,37+,38+,39-,40-,41-,42-,43-,44-,45-,46-,50+,51+,52+,53-,54+/m0/s1. The molecule has 4 saturated heterocycles. The van der Waals surface area contributed by atoms with Gasteiger partial charge in [-0.05, 0) is 105 Å². The summed E-state index contributed by atoms with van der Waals surface area (Å²) in [5.41, 5.74) is -5.20. The summed E-state index contributed by atoms with van der Waals surface area (Å²) < 4.78 is 52.9. The number of ether oxygens (including phenoxy) is 9. The van der Waals surface area contributed by atoms with Gasteiger partial charge in [0.15, 0.2) is 31.1 Å². The third-order valence-corrected chi connectivity index (χ3v) is 21.0. The van der Waals surface area contributed by atoms with E-state index in [0.717, 1.165) is 12.5 Å². The summed E-state index contributed by atoms with van der Waals surface area (Å²) in [6, 6.07) is 0. The van der Waals surface area contributed by atoms with Crippen LogP contribution in [0.25, 0.3) is 0 Å². The average Bonchev–Trinajstić information content (AvgIpc) is 2.15. The second kappa shape index (κ2) is 21.8. The summed E-state index contributed by atoms with van der Waals surface area (Å²) >= 11 is 0. The van der Waals surface area contributed by atoms with Crippen LogP contribution in [0.4, 0.5) is 0 Å². The molecule has 0 amide bonds. The fraction of sp³-hybridized carbons (Fsp3) is 0.907. The van der Waals surface area contributed by atoms with Gasteiger partial charge in [-0.15, -0.1) is 0 Å². The number of aliphatic carboxylic acids is 1. The minimum Gasteiger partial charge on any atom is -0.481 e. The molecule has 79 heavy (non-hydrogen) atoms. The molecule has 9 rings (SSSR count). The number of carbonyl (C=O) groups is 3. The zero-order valence-electron chi connectivity index (χ0n) is 45.9. The van der Waals surface area contributed by atoms with E-state index in [1.165, 1.54) is 13.8 Å². The van der Waals surface area contributed by atoms with Gasteiger partial charge in [0.05, 0.1) is 43.5 Å². The molecule has 0 aromatic carbocycles. The number of esters is 2. The van der Waals surface area contributed by atoms with Crippen molar-refractivity contribution in [3.63, 3.8) is 0 Å². The quantitative estimate of drug-likeness (QED) is 0.0596. The Morgan fingerprint density at radius 3 is 1.90 bits per heavy atom. The Morgan fingerprint density at radius 1 is 0.633 bits per heavy atom. The van der Waals surface area contributed by atoms with E-state index in [0.29, 0.717) is 32.1 Å². The molecule has 13 N–H and O–H groups in total. The zero-order chi connectivity index (χ0) is 58.0. The van der Waals surface area contributed by atoms with Gasteiger partial charge >= 0.3 is 17.9 Å². The van der Waals surface area contributed by atoms with E-state index in [-0.39, 0.29) is 30.6 Å². The highest BCUT2D eigenvalue weighted by Gasteiger charge is 2.74. The normalized spacial score (nSPS) is 53.4. The van der Waals surface area contributed by atoms with Crippen molar-refractivity contribution >= 4 is 17.9 Å². The molecule has 450 valence electrons. The van der Waals surface area contributed by atoms with E-state index in [1.807, 2.05) is 6.92 Å². The van der Waals surface area contributed by atoms with Crippen LogP contribution >= 0.6 is 0 Å².